The van der Waals surface area contributed by atoms with Gasteiger partial charge in [-0.2, -0.15) is 0 Å². The maximum absolute atomic E-state index is 5.60. The Morgan fingerprint density at radius 2 is 1.60 bits per heavy atom. The number of nitrogens with zero attached hydrogens (tertiary/aromatic N) is 1. The van der Waals surface area contributed by atoms with Crippen LogP contribution in [0.1, 0.15) is 51.7 Å². The third-order valence-electron chi connectivity index (χ3n) is 3.93. The number of rotatable bonds is 6. The molecule has 0 saturated carbocycles. The normalized spacial score (nSPS) is 13.7. The Kier molecular flexibility index (Phi) is 7.00. The van der Waals surface area contributed by atoms with E-state index in [2.05, 4.69) is 69.1 Å². The summed E-state index contributed by atoms with van der Waals surface area (Å²) in [5.41, 5.74) is 2.56. The SMILES string of the molecule is CCC(C)N(C(=S)NCc1ccc(C)cc1)C(C)CC. The third-order valence-corrected chi connectivity index (χ3v) is 4.29. The third kappa shape index (κ3) is 4.78. The second kappa shape index (κ2) is 8.25. The molecule has 0 heterocycles. The number of benzene rings is 1. The Labute approximate surface area is 129 Å². The Balaban J connectivity index is 2.64. The van der Waals surface area contributed by atoms with Gasteiger partial charge < -0.3 is 10.2 Å². The predicted molar refractivity (Wildman–Crippen MR) is 92.0 cm³/mol. The van der Waals surface area contributed by atoms with E-state index in [4.69, 9.17) is 12.2 Å². The molecule has 0 bridgehead atoms. The molecule has 0 aliphatic rings. The number of hydrogen-bond donors (Lipinski definition) is 1. The van der Waals surface area contributed by atoms with E-state index in [9.17, 15) is 0 Å². The molecule has 0 amide bonds. The second-order valence-corrected chi connectivity index (χ2v) is 5.95. The van der Waals surface area contributed by atoms with Crippen molar-refractivity contribution in [1.29, 1.82) is 0 Å². The lowest BCUT2D eigenvalue weighted by Gasteiger charge is -2.36. The van der Waals surface area contributed by atoms with Crippen LogP contribution in [-0.4, -0.2) is 22.1 Å². The highest BCUT2D eigenvalue weighted by atomic mass is 32.1. The van der Waals surface area contributed by atoms with Gasteiger partial charge in [0.2, 0.25) is 0 Å². The largest absolute Gasteiger partial charge is 0.358 e. The molecule has 2 unspecified atom stereocenters. The van der Waals surface area contributed by atoms with E-state index in [-0.39, 0.29) is 0 Å². The lowest BCUT2D eigenvalue weighted by Crippen LogP contribution is -2.49. The van der Waals surface area contributed by atoms with Crippen molar-refractivity contribution in [2.75, 3.05) is 0 Å². The van der Waals surface area contributed by atoms with Gasteiger partial charge in [-0.1, -0.05) is 43.7 Å². The van der Waals surface area contributed by atoms with Crippen molar-refractivity contribution in [3.63, 3.8) is 0 Å². The van der Waals surface area contributed by atoms with Gasteiger partial charge in [0.05, 0.1) is 0 Å². The standard InChI is InChI=1S/C17H28N2S/c1-6-14(4)19(15(5)7-2)17(20)18-12-16-10-8-13(3)9-11-16/h8-11,14-15H,6-7,12H2,1-5H3,(H,18,20). The molecule has 3 heteroatoms. The summed E-state index contributed by atoms with van der Waals surface area (Å²) in [5, 5.41) is 4.28. The van der Waals surface area contributed by atoms with Gasteiger partial charge >= 0.3 is 0 Å². The van der Waals surface area contributed by atoms with Crippen LogP contribution in [0.2, 0.25) is 0 Å². The molecular weight excluding hydrogens is 264 g/mol. The summed E-state index contributed by atoms with van der Waals surface area (Å²) < 4.78 is 0. The molecule has 2 nitrogen and oxygen atoms in total. The molecule has 0 fully saturated rings. The van der Waals surface area contributed by atoms with Crippen molar-refractivity contribution in [3.8, 4) is 0 Å². The minimum absolute atomic E-state index is 0.475. The van der Waals surface area contributed by atoms with E-state index < -0.39 is 0 Å². The lowest BCUT2D eigenvalue weighted by atomic mass is 10.1. The van der Waals surface area contributed by atoms with Crippen LogP contribution >= 0.6 is 12.2 Å². The number of nitrogens with one attached hydrogen (secondary N) is 1. The minimum atomic E-state index is 0.475. The molecule has 20 heavy (non-hydrogen) atoms. The molecule has 1 rings (SSSR count). The van der Waals surface area contributed by atoms with Gasteiger partial charge in [-0.3, -0.25) is 0 Å². The Morgan fingerprint density at radius 1 is 1.10 bits per heavy atom. The molecule has 0 saturated heterocycles. The van der Waals surface area contributed by atoms with Crippen molar-refractivity contribution in [2.45, 2.75) is 66.1 Å². The summed E-state index contributed by atoms with van der Waals surface area (Å²) in [5.74, 6) is 0. The predicted octanol–water partition coefficient (Wildman–Crippen LogP) is 4.27. The Bertz CT molecular complexity index is 404. The summed E-state index contributed by atoms with van der Waals surface area (Å²) in [6, 6.07) is 9.54. The van der Waals surface area contributed by atoms with Crippen LogP contribution in [0.15, 0.2) is 24.3 Å². The van der Waals surface area contributed by atoms with E-state index in [0.717, 1.165) is 24.5 Å². The van der Waals surface area contributed by atoms with Crippen LogP contribution in [0.4, 0.5) is 0 Å². The summed E-state index contributed by atoms with van der Waals surface area (Å²) in [6.45, 7) is 11.8. The number of aryl methyl sites for hydroxylation is 1. The van der Waals surface area contributed by atoms with Crippen LogP contribution in [-0.2, 0) is 6.54 Å². The summed E-state index contributed by atoms with van der Waals surface area (Å²) in [7, 11) is 0. The molecule has 0 radical (unpaired) electrons. The average Bonchev–Trinajstić information content (AvgIpc) is 2.46. The maximum Gasteiger partial charge on any atom is 0.169 e. The first-order chi connectivity index (χ1) is 9.49. The molecule has 0 aliphatic carbocycles. The van der Waals surface area contributed by atoms with Crippen molar-refractivity contribution >= 4 is 17.3 Å². The highest BCUT2D eigenvalue weighted by molar-refractivity contribution is 7.80. The van der Waals surface area contributed by atoms with Crippen LogP contribution in [0.5, 0.6) is 0 Å². The monoisotopic (exact) mass is 292 g/mol. The first-order valence-electron chi connectivity index (χ1n) is 7.61. The fourth-order valence-electron chi connectivity index (χ4n) is 2.20. The maximum atomic E-state index is 5.60. The van der Waals surface area contributed by atoms with E-state index in [1.165, 1.54) is 11.1 Å². The zero-order valence-electron chi connectivity index (χ0n) is 13.4. The minimum Gasteiger partial charge on any atom is -0.358 e. The molecule has 1 aromatic rings. The van der Waals surface area contributed by atoms with Crippen LogP contribution in [0.25, 0.3) is 0 Å². The average molecular weight is 292 g/mol. The number of thiocarbonyl (C=S) groups is 1. The smallest absolute Gasteiger partial charge is 0.169 e. The molecule has 112 valence electrons. The molecule has 0 aromatic heterocycles. The van der Waals surface area contributed by atoms with Crippen molar-refractivity contribution in [3.05, 3.63) is 35.4 Å². The van der Waals surface area contributed by atoms with Crippen molar-refractivity contribution in [2.24, 2.45) is 0 Å². The number of hydrogen-bond acceptors (Lipinski definition) is 1. The fraction of sp³-hybridized carbons (Fsp3) is 0.588. The lowest BCUT2D eigenvalue weighted by molar-refractivity contribution is 0.247. The summed E-state index contributed by atoms with van der Waals surface area (Å²) in [6.07, 6.45) is 2.22. The molecule has 0 spiro atoms. The van der Waals surface area contributed by atoms with Gasteiger partial charge in [0, 0.05) is 18.6 Å². The van der Waals surface area contributed by atoms with E-state index >= 15 is 0 Å². The van der Waals surface area contributed by atoms with Gasteiger partial charge in [0.25, 0.3) is 0 Å². The fourth-order valence-corrected chi connectivity index (χ4v) is 2.64. The molecule has 0 aliphatic heterocycles. The van der Waals surface area contributed by atoms with Gasteiger partial charge in [0.1, 0.15) is 0 Å². The van der Waals surface area contributed by atoms with Crippen LogP contribution < -0.4 is 5.32 Å². The first-order valence-corrected chi connectivity index (χ1v) is 8.02. The molecule has 1 aromatic carbocycles. The van der Waals surface area contributed by atoms with Crippen molar-refractivity contribution < 1.29 is 0 Å². The van der Waals surface area contributed by atoms with Crippen LogP contribution in [0.3, 0.4) is 0 Å². The molecule has 1 N–H and O–H groups in total. The topological polar surface area (TPSA) is 15.3 Å². The van der Waals surface area contributed by atoms with E-state index in [1.807, 2.05) is 0 Å². The second-order valence-electron chi connectivity index (χ2n) is 5.57. The van der Waals surface area contributed by atoms with Gasteiger partial charge in [-0.05, 0) is 51.4 Å². The van der Waals surface area contributed by atoms with Crippen LogP contribution in [0, 0.1) is 6.92 Å². The van der Waals surface area contributed by atoms with Gasteiger partial charge in [-0.15, -0.1) is 0 Å². The molecular formula is C17H28N2S. The zero-order chi connectivity index (χ0) is 15.1. The Hall–Kier alpha value is -1.09. The zero-order valence-corrected chi connectivity index (χ0v) is 14.3. The Morgan fingerprint density at radius 3 is 2.05 bits per heavy atom. The highest BCUT2D eigenvalue weighted by Crippen LogP contribution is 2.12. The van der Waals surface area contributed by atoms with Crippen molar-refractivity contribution in [1.82, 2.24) is 10.2 Å². The summed E-state index contributed by atoms with van der Waals surface area (Å²) in [4.78, 5) is 2.34. The van der Waals surface area contributed by atoms with Gasteiger partial charge in [0.15, 0.2) is 5.11 Å². The quantitative estimate of drug-likeness (QED) is 0.788. The van der Waals surface area contributed by atoms with Gasteiger partial charge in [-0.25, -0.2) is 0 Å². The summed E-state index contributed by atoms with van der Waals surface area (Å²) >= 11 is 5.60. The first kappa shape index (κ1) is 17.0. The van der Waals surface area contributed by atoms with E-state index in [1.54, 1.807) is 0 Å². The molecule has 2 atom stereocenters. The van der Waals surface area contributed by atoms with E-state index in [0.29, 0.717) is 12.1 Å². The highest BCUT2D eigenvalue weighted by Gasteiger charge is 2.20.